The predicted molar refractivity (Wildman–Crippen MR) is 106 cm³/mol. The van der Waals surface area contributed by atoms with Gasteiger partial charge in [-0.25, -0.2) is 4.39 Å². The lowest BCUT2D eigenvalue weighted by Gasteiger charge is -2.19. The molecule has 0 atom stereocenters. The van der Waals surface area contributed by atoms with E-state index in [9.17, 15) is 14.0 Å². The summed E-state index contributed by atoms with van der Waals surface area (Å²) in [6.07, 6.45) is 0. The number of rotatable bonds is 7. The Hall–Kier alpha value is -3.98. The number of para-hydroxylation sites is 1. The van der Waals surface area contributed by atoms with Gasteiger partial charge in [0.25, 0.3) is 5.91 Å². The van der Waals surface area contributed by atoms with Crippen LogP contribution in [-0.4, -0.2) is 24.8 Å². The molecular weight excluding hydrogens is 371 g/mol. The van der Waals surface area contributed by atoms with Crippen LogP contribution in [0.2, 0.25) is 0 Å². The molecule has 144 valence electrons. The van der Waals surface area contributed by atoms with E-state index in [1.807, 2.05) is 12.1 Å². The van der Waals surface area contributed by atoms with E-state index in [-0.39, 0.29) is 24.8 Å². The number of ketones is 1. The van der Waals surface area contributed by atoms with Gasteiger partial charge in [-0.2, -0.15) is 5.26 Å². The van der Waals surface area contributed by atoms with Crippen LogP contribution in [0.3, 0.4) is 0 Å². The molecule has 0 aliphatic carbocycles. The zero-order valence-electron chi connectivity index (χ0n) is 15.4. The fourth-order valence-electron chi connectivity index (χ4n) is 2.70. The molecule has 0 aliphatic rings. The Morgan fingerprint density at radius 2 is 1.48 bits per heavy atom. The number of hydrogen-bond donors (Lipinski definition) is 0. The van der Waals surface area contributed by atoms with Crippen LogP contribution in [0.1, 0.15) is 15.9 Å². The minimum absolute atomic E-state index is 0.0860. The van der Waals surface area contributed by atoms with Crippen molar-refractivity contribution in [3.63, 3.8) is 0 Å². The average molecular weight is 388 g/mol. The van der Waals surface area contributed by atoms with Gasteiger partial charge < -0.3 is 4.74 Å². The lowest BCUT2D eigenvalue weighted by molar-refractivity contribution is -0.120. The first-order valence-corrected chi connectivity index (χ1v) is 8.84. The van der Waals surface area contributed by atoms with Crippen LogP contribution in [0, 0.1) is 17.1 Å². The summed E-state index contributed by atoms with van der Waals surface area (Å²) >= 11 is 0. The molecule has 1 amide bonds. The summed E-state index contributed by atoms with van der Waals surface area (Å²) < 4.78 is 18.5. The van der Waals surface area contributed by atoms with E-state index in [0.29, 0.717) is 22.6 Å². The van der Waals surface area contributed by atoms with Crippen molar-refractivity contribution in [3.8, 4) is 11.8 Å². The molecule has 0 unspecified atom stereocenters. The van der Waals surface area contributed by atoms with Crippen LogP contribution in [-0.2, 0) is 4.79 Å². The van der Waals surface area contributed by atoms with Gasteiger partial charge >= 0.3 is 0 Å². The van der Waals surface area contributed by atoms with Crippen LogP contribution in [0.15, 0.2) is 78.9 Å². The van der Waals surface area contributed by atoms with Crippen molar-refractivity contribution in [1.29, 1.82) is 5.26 Å². The van der Waals surface area contributed by atoms with Gasteiger partial charge in [-0.15, -0.1) is 0 Å². The maximum Gasteiger partial charge on any atom is 0.265 e. The number of carbonyl (C=O) groups is 2. The number of halogens is 1. The third-order valence-corrected chi connectivity index (χ3v) is 4.18. The fourth-order valence-corrected chi connectivity index (χ4v) is 2.70. The number of carbonyl (C=O) groups excluding carboxylic acids is 2. The number of anilines is 1. The highest BCUT2D eigenvalue weighted by molar-refractivity contribution is 6.09. The van der Waals surface area contributed by atoms with Crippen molar-refractivity contribution in [1.82, 2.24) is 0 Å². The van der Waals surface area contributed by atoms with Crippen molar-refractivity contribution in [2.45, 2.75) is 0 Å². The van der Waals surface area contributed by atoms with Crippen molar-refractivity contribution < 1.29 is 18.7 Å². The summed E-state index contributed by atoms with van der Waals surface area (Å²) in [5, 5.41) is 8.99. The van der Waals surface area contributed by atoms with Gasteiger partial charge in [-0.3, -0.25) is 14.5 Å². The van der Waals surface area contributed by atoms with E-state index in [1.165, 1.54) is 29.2 Å². The van der Waals surface area contributed by atoms with Crippen molar-refractivity contribution in [2.75, 3.05) is 18.1 Å². The van der Waals surface area contributed by atoms with Crippen LogP contribution in [0.25, 0.3) is 0 Å². The first-order chi connectivity index (χ1) is 14.1. The third-order valence-electron chi connectivity index (χ3n) is 4.18. The fraction of sp³-hybridized carbons (Fsp3) is 0.0870. The second kappa shape index (κ2) is 9.29. The summed E-state index contributed by atoms with van der Waals surface area (Å²) in [4.78, 5) is 26.2. The second-order valence-corrected chi connectivity index (χ2v) is 6.12. The van der Waals surface area contributed by atoms with E-state index < -0.39 is 5.82 Å². The van der Waals surface area contributed by atoms with Gasteiger partial charge in [0.15, 0.2) is 12.4 Å². The monoisotopic (exact) mass is 388 g/mol. The van der Waals surface area contributed by atoms with Crippen molar-refractivity contribution >= 4 is 17.4 Å². The molecule has 0 aromatic heterocycles. The summed E-state index contributed by atoms with van der Waals surface area (Å²) in [7, 11) is 0. The van der Waals surface area contributed by atoms with E-state index >= 15 is 0 Å². The van der Waals surface area contributed by atoms with Crippen LogP contribution < -0.4 is 9.64 Å². The molecule has 0 radical (unpaired) electrons. The quantitative estimate of drug-likeness (QED) is 0.453. The maximum atomic E-state index is 13.0. The number of amides is 1. The van der Waals surface area contributed by atoms with Crippen molar-refractivity contribution in [3.05, 3.63) is 95.8 Å². The topological polar surface area (TPSA) is 70.4 Å². The third kappa shape index (κ3) is 5.05. The summed E-state index contributed by atoms with van der Waals surface area (Å²) in [5.41, 5.74) is 1.42. The molecule has 5 nitrogen and oxygen atoms in total. The molecule has 3 aromatic carbocycles. The molecule has 6 heteroatoms. The highest BCUT2D eigenvalue weighted by atomic mass is 19.1. The maximum absolute atomic E-state index is 13.0. The molecular formula is C23H17FN2O3. The summed E-state index contributed by atoms with van der Waals surface area (Å²) in [6.45, 7) is -0.334. The minimum atomic E-state index is -0.407. The summed E-state index contributed by atoms with van der Waals surface area (Å²) in [5.74, 6) is -0.587. The summed E-state index contributed by atoms with van der Waals surface area (Å²) in [6, 6.07) is 22.5. The largest absolute Gasteiger partial charge is 0.484 e. The lowest BCUT2D eigenvalue weighted by atomic mass is 10.0. The van der Waals surface area contributed by atoms with Crippen LogP contribution in [0.5, 0.6) is 5.75 Å². The Bertz CT molecular complexity index is 1030. The smallest absolute Gasteiger partial charge is 0.265 e. The zero-order chi connectivity index (χ0) is 20.6. The van der Waals surface area contributed by atoms with E-state index in [1.54, 1.807) is 48.5 Å². The second-order valence-electron chi connectivity index (χ2n) is 6.12. The van der Waals surface area contributed by atoms with Gasteiger partial charge in [-0.1, -0.05) is 18.2 Å². The van der Waals surface area contributed by atoms with E-state index in [0.717, 1.165) is 0 Å². The van der Waals surface area contributed by atoms with Crippen molar-refractivity contribution in [2.24, 2.45) is 0 Å². The number of nitriles is 1. The van der Waals surface area contributed by atoms with Gasteiger partial charge in [-0.05, 0) is 60.7 Å². The first kappa shape index (κ1) is 19.8. The number of ether oxygens (including phenoxy) is 1. The Labute approximate surface area is 167 Å². The standard InChI is InChI=1S/C23H17FN2O3/c24-19-10-6-17(7-11-19)23(28)18-8-12-21(13-9-18)29-16-22(27)26(15-14-25)20-4-2-1-3-5-20/h1-13H,15-16H2. The minimum Gasteiger partial charge on any atom is -0.484 e. The number of benzene rings is 3. The molecule has 29 heavy (non-hydrogen) atoms. The van der Waals surface area contributed by atoms with Gasteiger partial charge in [0, 0.05) is 16.8 Å². The number of hydrogen-bond acceptors (Lipinski definition) is 4. The molecule has 3 rings (SSSR count). The van der Waals surface area contributed by atoms with E-state index in [2.05, 4.69) is 0 Å². The first-order valence-electron chi connectivity index (χ1n) is 8.84. The molecule has 0 aliphatic heterocycles. The molecule has 0 bridgehead atoms. The highest BCUT2D eigenvalue weighted by Crippen LogP contribution is 2.17. The van der Waals surface area contributed by atoms with Gasteiger partial charge in [0.1, 0.15) is 18.1 Å². The average Bonchev–Trinajstić information content (AvgIpc) is 2.77. The predicted octanol–water partition coefficient (Wildman–Crippen LogP) is 3.99. The van der Waals surface area contributed by atoms with Crippen LogP contribution in [0.4, 0.5) is 10.1 Å². The Balaban J connectivity index is 1.63. The SMILES string of the molecule is N#CCN(C(=O)COc1ccc(C(=O)c2ccc(F)cc2)cc1)c1ccccc1. The Morgan fingerprint density at radius 3 is 2.07 bits per heavy atom. The van der Waals surface area contributed by atoms with Crippen LogP contribution >= 0.6 is 0 Å². The molecule has 0 N–H and O–H groups in total. The van der Waals surface area contributed by atoms with Gasteiger partial charge in [0.05, 0.1) is 6.07 Å². The molecule has 0 fully saturated rings. The van der Waals surface area contributed by atoms with Gasteiger partial charge in [0.2, 0.25) is 0 Å². The van der Waals surface area contributed by atoms with E-state index in [4.69, 9.17) is 10.00 Å². The molecule has 0 saturated carbocycles. The Morgan fingerprint density at radius 1 is 0.897 bits per heavy atom. The molecule has 0 spiro atoms. The zero-order valence-corrected chi connectivity index (χ0v) is 15.4. The Kier molecular flexibility index (Phi) is 6.33. The normalized spacial score (nSPS) is 10.1. The molecule has 0 saturated heterocycles. The lowest BCUT2D eigenvalue weighted by Crippen LogP contribution is -2.35. The molecule has 0 heterocycles. The highest BCUT2D eigenvalue weighted by Gasteiger charge is 2.16. The number of nitrogens with zero attached hydrogens (tertiary/aromatic N) is 2. The molecule has 3 aromatic rings.